The molecule has 44 valence electrons. The largest absolute Gasteiger partial charge is 4.00 e. The maximum absolute atomic E-state index is 3.60. The summed E-state index contributed by atoms with van der Waals surface area (Å²) in [5.41, 5.74) is 0. The van der Waals surface area contributed by atoms with Crippen LogP contribution in [0, 0.1) is 13.8 Å². The van der Waals surface area contributed by atoms with Crippen molar-refractivity contribution in [3.8, 4) is 0 Å². The summed E-state index contributed by atoms with van der Waals surface area (Å²) in [4.78, 5) is 0. The van der Waals surface area contributed by atoms with E-state index in [4.69, 9.17) is 0 Å². The zero-order chi connectivity index (χ0) is 5.41. The second-order valence-electron chi connectivity index (χ2n) is 0.854. The van der Waals surface area contributed by atoms with E-state index >= 15 is 0 Å². The molecule has 0 saturated carbocycles. The van der Waals surface area contributed by atoms with Gasteiger partial charge >= 0.3 is 17.1 Å². The van der Waals surface area contributed by atoms with Gasteiger partial charge in [0.05, 0.1) is 0 Å². The Bertz CT molecular complexity index is 6.14. The Morgan fingerprint density at radius 3 is 1.43 bits per heavy atom. The molecule has 0 radical (unpaired) electrons. The predicted octanol–water partition coefficient (Wildman–Crippen LogP) is 2.46. The van der Waals surface area contributed by atoms with Crippen molar-refractivity contribution in [3.05, 3.63) is 13.8 Å². The molecule has 0 unspecified atom stereocenters. The summed E-state index contributed by atoms with van der Waals surface area (Å²) in [6.45, 7) is 10.7. The fourth-order valence-corrected chi connectivity index (χ4v) is 0. The molecule has 0 aromatic heterocycles. The summed E-state index contributed by atoms with van der Waals surface area (Å²) < 4.78 is 0. The Morgan fingerprint density at radius 2 is 1.43 bits per heavy atom. The van der Waals surface area contributed by atoms with Crippen molar-refractivity contribution >= 4 is 0 Å². The smallest absolute Gasteiger partial charge is 0.346 e. The Kier molecular flexibility index (Phi) is 69.9. The fraction of sp³-hybridized carbons (Fsp3) is 0.667. The van der Waals surface area contributed by atoms with Gasteiger partial charge in [-0.1, -0.05) is 13.3 Å². The molecular weight excluding hydrogens is 128 g/mol. The standard InChI is InChI=1S/C4H9.C2H5.Fe/c1-3-4-2;1-2;/h1,3-4H2,2H3;1H2,2H3;/q2*-1;+4. The monoisotopic (exact) mass is 142 g/mol. The minimum absolute atomic E-state index is 0. The molecule has 0 bridgehead atoms. The van der Waals surface area contributed by atoms with Crippen molar-refractivity contribution in [1.82, 2.24) is 0 Å². The zero-order valence-electron chi connectivity index (χ0n) is 5.18. The number of hydrogen-bond donors (Lipinski definition) is 0. The van der Waals surface area contributed by atoms with Crippen molar-refractivity contribution in [2.45, 2.75) is 26.7 Å². The molecule has 0 aromatic rings. The molecule has 0 atom stereocenters. The quantitative estimate of drug-likeness (QED) is 0.389. The first-order valence-corrected chi connectivity index (χ1v) is 2.41. The molecule has 0 heterocycles. The van der Waals surface area contributed by atoms with Crippen LogP contribution in [-0.4, -0.2) is 0 Å². The normalized spacial score (nSPS) is 5.14. The Balaban J connectivity index is -0.0000000480. The Labute approximate surface area is 58.2 Å². The number of unbranched alkanes of at least 4 members (excludes halogenated alkanes) is 1. The van der Waals surface area contributed by atoms with E-state index < -0.39 is 0 Å². The van der Waals surface area contributed by atoms with E-state index in [9.17, 15) is 0 Å². The first-order valence-electron chi connectivity index (χ1n) is 2.41. The SMILES string of the molecule is [CH2-]C.[CH2-]CCC.[Fe+4]. The summed E-state index contributed by atoms with van der Waals surface area (Å²) in [5, 5.41) is 0. The molecule has 0 N–H and O–H groups in total. The minimum atomic E-state index is 0. The maximum atomic E-state index is 3.60. The average molecular weight is 142 g/mol. The van der Waals surface area contributed by atoms with Crippen LogP contribution < -0.4 is 0 Å². The number of rotatable bonds is 1. The molecule has 0 aromatic carbocycles. The van der Waals surface area contributed by atoms with E-state index in [0.717, 1.165) is 6.42 Å². The van der Waals surface area contributed by atoms with E-state index in [1.54, 1.807) is 6.92 Å². The van der Waals surface area contributed by atoms with Crippen molar-refractivity contribution in [3.63, 3.8) is 0 Å². The summed E-state index contributed by atoms with van der Waals surface area (Å²) in [5.74, 6) is 0. The maximum Gasteiger partial charge on any atom is 4.00 e. The van der Waals surface area contributed by atoms with Gasteiger partial charge in [-0.2, -0.15) is 13.3 Å². The molecule has 0 aliphatic heterocycles. The van der Waals surface area contributed by atoms with Crippen molar-refractivity contribution in [2.24, 2.45) is 0 Å². The molecule has 0 nitrogen and oxygen atoms in total. The van der Waals surface area contributed by atoms with Gasteiger partial charge in [-0.3, -0.25) is 0 Å². The van der Waals surface area contributed by atoms with Crippen LogP contribution in [0.3, 0.4) is 0 Å². The molecule has 0 fully saturated rings. The third-order valence-electron chi connectivity index (χ3n) is 0.354. The Hall–Kier alpha value is 0.519. The third-order valence-corrected chi connectivity index (χ3v) is 0.354. The summed E-state index contributed by atoms with van der Waals surface area (Å²) in [7, 11) is 0. The van der Waals surface area contributed by atoms with E-state index in [1.165, 1.54) is 6.42 Å². The molecule has 0 amide bonds. The molecular formula is C6H14Fe+2. The summed E-state index contributed by atoms with van der Waals surface area (Å²) in [6, 6.07) is 0. The summed E-state index contributed by atoms with van der Waals surface area (Å²) in [6.07, 6.45) is 2.28. The van der Waals surface area contributed by atoms with Gasteiger partial charge in [0.25, 0.3) is 0 Å². The van der Waals surface area contributed by atoms with Gasteiger partial charge in [0.1, 0.15) is 0 Å². The minimum Gasteiger partial charge on any atom is -0.346 e. The van der Waals surface area contributed by atoms with Gasteiger partial charge < -0.3 is 13.8 Å². The molecule has 0 aliphatic rings. The van der Waals surface area contributed by atoms with E-state index in [0.29, 0.717) is 0 Å². The van der Waals surface area contributed by atoms with Crippen molar-refractivity contribution in [1.29, 1.82) is 0 Å². The van der Waals surface area contributed by atoms with Crippen LogP contribution in [0.1, 0.15) is 26.7 Å². The number of hydrogen-bond acceptors (Lipinski definition) is 0. The Morgan fingerprint density at radius 1 is 1.29 bits per heavy atom. The molecule has 1 heteroatoms. The topological polar surface area (TPSA) is 0 Å². The molecule has 0 rings (SSSR count). The predicted molar refractivity (Wildman–Crippen MR) is 31.3 cm³/mol. The van der Waals surface area contributed by atoms with Crippen molar-refractivity contribution < 1.29 is 17.1 Å². The van der Waals surface area contributed by atoms with Crippen LogP contribution in [0.4, 0.5) is 0 Å². The van der Waals surface area contributed by atoms with Crippen LogP contribution in [0.2, 0.25) is 0 Å². The first-order chi connectivity index (χ1) is 2.91. The third kappa shape index (κ3) is 57.7. The van der Waals surface area contributed by atoms with Gasteiger partial charge in [0.2, 0.25) is 0 Å². The van der Waals surface area contributed by atoms with Crippen LogP contribution in [-0.2, 0) is 17.1 Å². The fourth-order valence-electron chi connectivity index (χ4n) is 0. The van der Waals surface area contributed by atoms with Crippen LogP contribution in [0.5, 0.6) is 0 Å². The van der Waals surface area contributed by atoms with Gasteiger partial charge in [-0.25, -0.2) is 0 Å². The zero-order valence-corrected chi connectivity index (χ0v) is 6.29. The molecule has 0 saturated heterocycles. The van der Waals surface area contributed by atoms with Crippen LogP contribution in [0.15, 0.2) is 0 Å². The second-order valence-corrected chi connectivity index (χ2v) is 0.854. The van der Waals surface area contributed by atoms with Gasteiger partial charge in [0, 0.05) is 0 Å². The average Bonchev–Trinajstić information content (AvgIpc) is 1.72. The van der Waals surface area contributed by atoms with E-state index in [2.05, 4.69) is 20.8 Å². The molecule has 7 heavy (non-hydrogen) atoms. The van der Waals surface area contributed by atoms with Gasteiger partial charge in [-0.05, 0) is 0 Å². The molecule has 0 spiro atoms. The van der Waals surface area contributed by atoms with Gasteiger partial charge in [-0.15, -0.1) is 0 Å². The van der Waals surface area contributed by atoms with Crippen LogP contribution in [0.25, 0.3) is 0 Å². The van der Waals surface area contributed by atoms with Gasteiger partial charge in [0.15, 0.2) is 0 Å². The summed E-state index contributed by atoms with van der Waals surface area (Å²) >= 11 is 0. The van der Waals surface area contributed by atoms with Crippen LogP contribution >= 0.6 is 0 Å². The first kappa shape index (κ1) is 15.6. The van der Waals surface area contributed by atoms with E-state index in [1.807, 2.05) is 0 Å². The van der Waals surface area contributed by atoms with Crippen molar-refractivity contribution in [2.75, 3.05) is 0 Å². The molecule has 0 aliphatic carbocycles. The van der Waals surface area contributed by atoms with E-state index in [-0.39, 0.29) is 17.1 Å². The second kappa shape index (κ2) is 31.3.